The fourth-order valence-corrected chi connectivity index (χ4v) is 2.81. The quantitative estimate of drug-likeness (QED) is 0.787. The molecule has 0 aliphatic rings. The molecule has 0 aliphatic carbocycles. The van der Waals surface area contributed by atoms with E-state index in [-0.39, 0.29) is 5.92 Å². The molecule has 3 aromatic rings. The number of aryl methyl sites for hydroxylation is 1. The molecule has 1 heterocycles. The number of nitrogens with two attached hydrogens (primary N) is 1. The maximum atomic E-state index is 6.09. The van der Waals surface area contributed by atoms with Crippen LogP contribution in [0.5, 0.6) is 5.75 Å². The average molecular weight is 307 g/mol. The average Bonchev–Trinajstić information content (AvgIpc) is 2.98. The molecule has 0 fully saturated rings. The maximum absolute atomic E-state index is 6.09. The summed E-state index contributed by atoms with van der Waals surface area (Å²) in [6.45, 7) is 2.52. The molecule has 0 aliphatic heterocycles. The zero-order chi connectivity index (χ0) is 16.2. The molecule has 0 saturated heterocycles. The van der Waals surface area contributed by atoms with Crippen LogP contribution in [0, 0.1) is 6.92 Å². The fourth-order valence-electron chi connectivity index (χ4n) is 2.81. The lowest BCUT2D eigenvalue weighted by Gasteiger charge is -2.18. The van der Waals surface area contributed by atoms with Gasteiger partial charge >= 0.3 is 0 Å². The van der Waals surface area contributed by atoms with Crippen molar-refractivity contribution in [2.24, 2.45) is 5.73 Å². The van der Waals surface area contributed by atoms with Crippen LogP contribution >= 0.6 is 0 Å². The Morgan fingerprint density at radius 1 is 1.09 bits per heavy atom. The van der Waals surface area contributed by atoms with Gasteiger partial charge in [0, 0.05) is 12.5 Å². The van der Waals surface area contributed by atoms with Crippen molar-refractivity contribution in [1.29, 1.82) is 0 Å². The van der Waals surface area contributed by atoms with Crippen LogP contribution in [0.3, 0.4) is 0 Å². The van der Waals surface area contributed by atoms with E-state index >= 15 is 0 Å². The number of hydrogen-bond donors (Lipinski definition) is 1. The second-order valence-corrected chi connectivity index (χ2v) is 5.52. The van der Waals surface area contributed by atoms with Gasteiger partial charge in [-0.1, -0.05) is 30.3 Å². The van der Waals surface area contributed by atoms with Gasteiger partial charge in [0.2, 0.25) is 0 Å². The minimum atomic E-state index is 0.0855. The zero-order valence-electron chi connectivity index (χ0n) is 13.4. The second kappa shape index (κ2) is 6.67. The standard InChI is InChI=1S/C19H21N3O/c1-14-12-19(22(21-14)16-6-4-3-5-7-16)18(13-20)15-8-10-17(23-2)11-9-15/h3-12,18H,13,20H2,1-2H3. The van der Waals surface area contributed by atoms with E-state index in [1.54, 1.807) is 7.11 Å². The molecule has 23 heavy (non-hydrogen) atoms. The van der Waals surface area contributed by atoms with Crippen LogP contribution in [0.2, 0.25) is 0 Å². The van der Waals surface area contributed by atoms with Crippen LogP contribution in [0.15, 0.2) is 60.7 Å². The summed E-state index contributed by atoms with van der Waals surface area (Å²) in [5.41, 5.74) is 10.4. The van der Waals surface area contributed by atoms with Gasteiger partial charge in [0.25, 0.3) is 0 Å². The van der Waals surface area contributed by atoms with Crippen molar-refractivity contribution in [2.45, 2.75) is 12.8 Å². The molecule has 1 atom stereocenters. The predicted molar refractivity (Wildman–Crippen MR) is 92.2 cm³/mol. The molecule has 1 unspecified atom stereocenters. The summed E-state index contributed by atoms with van der Waals surface area (Å²) in [5, 5.41) is 4.65. The first kappa shape index (κ1) is 15.3. The molecule has 0 radical (unpaired) electrons. The van der Waals surface area contributed by atoms with E-state index in [2.05, 4.69) is 35.4 Å². The Balaban J connectivity index is 2.04. The minimum Gasteiger partial charge on any atom is -0.497 e. The smallest absolute Gasteiger partial charge is 0.118 e. The van der Waals surface area contributed by atoms with Crippen molar-refractivity contribution in [1.82, 2.24) is 9.78 Å². The van der Waals surface area contributed by atoms with Crippen molar-refractivity contribution in [2.75, 3.05) is 13.7 Å². The van der Waals surface area contributed by atoms with Gasteiger partial charge in [0.1, 0.15) is 5.75 Å². The van der Waals surface area contributed by atoms with Crippen LogP contribution < -0.4 is 10.5 Å². The zero-order valence-corrected chi connectivity index (χ0v) is 13.4. The van der Waals surface area contributed by atoms with E-state index < -0.39 is 0 Å². The van der Waals surface area contributed by atoms with Crippen LogP contribution in [-0.2, 0) is 0 Å². The summed E-state index contributed by atoms with van der Waals surface area (Å²) < 4.78 is 7.22. The Morgan fingerprint density at radius 2 is 1.78 bits per heavy atom. The third-order valence-corrected chi connectivity index (χ3v) is 3.97. The van der Waals surface area contributed by atoms with Gasteiger partial charge < -0.3 is 10.5 Å². The molecule has 0 amide bonds. The molecular formula is C19H21N3O. The Labute approximate surface area is 136 Å². The number of rotatable bonds is 5. The van der Waals surface area contributed by atoms with Gasteiger partial charge in [-0.25, -0.2) is 4.68 Å². The number of methoxy groups -OCH3 is 1. The topological polar surface area (TPSA) is 53.1 Å². The first-order valence-electron chi connectivity index (χ1n) is 7.69. The molecule has 118 valence electrons. The summed E-state index contributed by atoms with van der Waals surface area (Å²) in [6, 6.07) is 20.3. The molecule has 0 saturated carbocycles. The molecule has 2 N–H and O–H groups in total. The van der Waals surface area contributed by atoms with Crippen LogP contribution in [0.1, 0.15) is 22.9 Å². The summed E-state index contributed by atoms with van der Waals surface area (Å²) in [4.78, 5) is 0. The van der Waals surface area contributed by atoms with Crippen LogP contribution in [0.4, 0.5) is 0 Å². The minimum absolute atomic E-state index is 0.0855. The monoisotopic (exact) mass is 307 g/mol. The molecule has 2 aromatic carbocycles. The Morgan fingerprint density at radius 3 is 2.39 bits per heavy atom. The van der Waals surface area contributed by atoms with E-state index in [0.717, 1.165) is 28.4 Å². The number of para-hydroxylation sites is 1. The lowest BCUT2D eigenvalue weighted by Crippen LogP contribution is -2.17. The molecule has 0 bridgehead atoms. The summed E-state index contributed by atoms with van der Waals surface area (Å²) >= 11 is 0. The van der Waals surface area contributed by atoms with Gasteiger partial charge in [-0.2, -0.15) is 5.10 Å². The highest BCUT2D eigenvalue weighted by Gasteiger charge is 2.19. The van der Waals surface area contributed by atoms with Gasteiger partial charge in [-0.05, 0) is 42.8 Å². The van der Waals surface area contributed by atoms with Crippen molar-refractivity contribution in [3.8, 4) is 11.4 Å². The van der Waals surface area contributed by atoms with Gasteiger partial charge in [-0.3, -0.25) is 0 Å². The highest BCUT2D eigenvalue weighted by atomic mass is 16.5. The Bertz CT molecular complexity index is 763. The number of ether oxygens (including phenoxy) is 1. The Hall–Kier alpha value is -2.59. The van der Waals surface area contributed by atoms with E-state index in [1.165, 1.54) is 0 Å². The van der Waals surface area contributed by atoms with E-state index in [4.69, 9.17) is 10.5 Å². The van der Waals surface area contributed by atoms with Gasteiger partial charge in [0.05, 0.1) is 24.2 Å². The molecule has 4 nitrogen and oxygen atoms in total. The SMILES string of the molecule is COc1ccc(C(CN)c2cc(C)nn2-c2ccccc2)cc1. The van der Waals surface area contributed by atoms with Crippen LogP contribution in [-0.4, -0.2) is 23.4 Å². The first-order valence-corrected chi connectivity index (χ1v) is 7.69. The molecule has 1 aromatic heterocycles. The van der Waals surface area contributed by atoms with Gasteiger partial charge in [-0.15, -0.1) is 0 Å². The van der Waals surface area contributed by atoms with Crippen molar-refractivity contribution < 1.29 is 4.74 Å². The highest BCUT2D eigenvalue weighted by molar-refractivity contribution is 5.39. The molecule has 3 rings (SSSR count). The maximum Gasteiger partial charge on any atom is 0.118 e. The van der Waals surface area contributed by atoms with E-state index in [0.29, 0.717) is 6.54 Å². The first-order chi connectivity index (χ1) is 11.2. The fraction of sp³-hybridized carbons (Fsp3) is 0.211. The molecule has 4 heteroatoms. The normalized spacial score (nSPS) is 12.1. The predicted octanol–water partition coefficient (Wildman–Crippen LogP) is 3.28. The van der Waals surface area contributed by atoms with Crippen molar-refractivity contribution >= 4 is 0 Å². The summed E-state index contributed by atoms with van der Waals surface area (Å²) in [6.07, 6.45) is 0. The van der Waals surface area contributed by atoms with Crippen LogP contribution in [0.25, 0.3) is 5.69 Å². The lowest BCUT2D eigenvalue weighted by molar-refractivity contribution is 0.414. The third kappa shape index (κ3) is 3.12. The highest BCUT2D eigenvalue weighted by Crippen LogP contribution is 2.28. The Kier molecular flexibility index (Phi) is 4.44. The van der Waals surface area contributed by atoms with E-state index in [9.17, 15) is 0 Å². The largest absolute Gasteiger partial charge is 0.497 e. The lowest BCUT2D eigenvalue weighted by atomic mass is 9.95. The second-order valence-electron chi connectivity index (χ2n) is 5.52. The number of aromatic nitrogens is 2. The number of nitrogens with zero attached hydrogens (tertiary/aromatic N) is 2. The van der Waals surface area contributed by atoms with Crippen molar-refractivity contribution in [3.63, 3.8) is 0 Å². The third-order valence-electron chi connectivity index (χ3n) is 3.97. The molecule has 0 spiro atoms. The summed E-state index contributed by atoms with van der Waals surface area (Å²) in [5.74, 6) is 0.930. The van der Waals surface area contributed by atoms with Crippen molar-refractivity contribution in [3.05, 3.63) is 77.6 Å². The number of hydrogen-bond acceptors (Lipinski definition) is 3. The molecular weight excluding hydrogens is 286 g/mol. The number of benzene rings is 2. The van der Waals surface area contributed by atoms with Gasteiger partial charge in [0.15, 0.2) is 0 Å². The van der Waals surface area contributed by atoms with E-state index in [1.807, 2.05) is 41.9 Å². The summed E-state index contributed by atoms with van der Waals surface area (Å²) in [7, 11) is 1.67.